The molecule has 2 aromatic carbocycles. The molecule has 0 unspecified atom stereocenters. The van der Waals surface area contributed by atoms with E-state index in [4.69, 9.17) is 5.11 Å². The zero-order valence-corrected chi connectivity index (χ0v) is 15.1. The van der Waals surface area contributed by atoms with Gasteiger partial charge in [0.15, 0.2) is 12.4 Å². The van der Waals surface area contributed by atoms with Crippen molar-refractivity contribution in [3.8, 4) is 28.0 Å². The number of aromatic nitrogens is 1. The average molecular weight is 364 g/mol. The summed E-state index contributed by atoms with van der Waals surface area (Å²) < 4.78 is 1.95. The SMILES string of the molecule is C[n+]1cccc(-c2ccc(-c3ccc(O)cc3CCC(=O)O)cc2CO)c1. The summed E-state index contributed by atoms with van der Waals surface area (Å²) in [7, 11) is 1.95. The third-order valence-electron chi connectivity index (χ3n) is 4.53. The molecule has 0 bridgehead atoms. The van der Waals surface area contributed by atoms with Gasteiger partial charge in [-0.25, -0.2) is 4.57 Å². The maximum absolute atomic E-state index is 10.9. The number of aliphatic carboxylic acids is 1. The van der Waals surface area contributed by atoms with E-state index in [-0.39, 0.29) is 18.8 Å². The van der Waals surface area contributed by atoms with E-state index < -0.39 is 5.97 Å². The van der Waals surface area contributed by atoms with Crippen molar-refractivity contribution in [1.29, 1.82) is 0 Å². The number of carbonyl (C=O) groups is 1. The van der Waals surface area contributed by atoms with Gasteiger partial charge in [-0.15, -0.1) is 0 Å². The Kier molecular flexibility index (Phi) is 5.52. The van der Waals surface area contributed by atoms with Crippen LogP contribution in [0.15, 0.2) is 60.9 Å². The summed E-state index contributed by atoms with van der Waals surface area (Å²) in [6.45, 7) is -0.107. The summed E-state index contributed by atoms with van der Waals surface area (Å²) in [6.07, 6.45) is 4.25. The Balaban J connectivity index is 2.04. The molecule has 3 aromatic rings. The number of benzene rings is 2. The van der Waals surface area contributed by atoms with Crippen molar-refractivity contribution in [3.63, 3.8) is 0 Å². The number of nitrogens with zero attached hydrogens (tertiary/aromatic N) is 1. The van der Waals surface area contributed by atoms with Crippen molar-refractivity contribution < 1.29 is 24.7 Å². The minimum absolute atomic E-state index is 0.0120. The zero-order chi connectivity index (χ0) is 19.4. The highest BCUT2D eigenvalue weighted by Crippen LogP contribution is 2.32. The predicted molar refractivity (Wildman–Crippen MR) is 102 cm³/mol. The fourth-order valence-electron chi connectivity index (χ4n) is 3.23. The van der Waals surface area contributed by atoms with E-state index in [1.54, 1.807) is 18.2 Å². The van der Waals surface area contributed by atoms with E-state index in [1.807, 2.05) is 54.3 Å². The van der Waals surface area contributed by atoms with Gasteiger partial charge < -0.3 is 15.3 Å². The van der Waals surface area contributed by atoms with Gasteiger partial charge in [-0.05, 0) is 58.5 Å². The molecule has 27 heavy (non-hydrogen) atoms. The normalized spacial score (nSPS) is 10.7. The molecule has 0 saturated carbocycles. The maximum atomic E-state index is 10.9. The van der Waals surface area contributed by atoms with E-state index in [2.05, 4.69) is 0 Å². The number of pyridine rings is 1. The number of aromatic hydroxyl groups is 1. The standard InChI is InChI=1S/C22H21NO4/c1-23-10-2-3-17(13-23)21-7-4-15(11-18(21)14-24)20-8-6-19(25)12-16(20)5-9-22(26)27/h2-4,6-8,10-13,24H,5,9,14H2,1H3,(H-,25,26,27)/p+1. The number of hydrogen-bond acceptors (Lipinski definition) is 3. The number of carboxylic acid groups (broad SMARTS) is 1. The van der Waals surface area contributed by atoms with Crippen molar-refractivity contribution in [3.05, 3.63) is 72.1 Å². The Hall–Kier alpha value is -3.18. The number of aryl methyl sites for hydroxylation is 2. The van der Waals surface area contributed by atoms with Gasteiger partial charge in [0.1, 0.15) is 12.8 Å². The first-order valence-electron chi connectivity index (χ1n) is 8.71. The predicted octanol–water partition coefficient (Wildman–Crippen LogP) is 3.06. The van der Waals surface area contributed by atoms with Crippen LogP contribution in [0.5, 0.6) is 5.75 Å². The molecule has 5 nitrogen and oxygen atoms in total. The summed E-state index contributed by atoms with van der Waals surface area (Å²) >= 11 is 0. The van der Waals surface area contributed by atoms with Crippen LogP contribution in [0.1, 0.15) is 17.5 Å². The van der Waals surface area contributed by atoms with E-state index in [9.17, 15) is 15.0 Å². The first kappa shape index (κ1) is 18.6. The highest BCUT2D eigenvalue weighted by Gasteiger charge is 2.13. The molecule has 0 radical (unpaired) electrons. The molecule has 3 rings (SSSR count). The number of phenols is 1. The van der Waals surface area contributed by atoms with Crippen molar-refractivity contribution in [2.24, 2.45) is 7.05 Å². The maximum Gasteiger partial charge on any atom is 0.303 e. The van der Waals surface area contributed by atoms with Crippen molar-refractivity contribution >= 4 is 5.97 Å². The molecule has 1 heterocycles. The van der Waals surface area contributed by atoms with Gasteiger partial charge in [-0.3, -0.25) is 4.79 Å². The number of carboxylic acids is 1. The Bertz CT molecular complexity index is 982. The molecule has 0 fully saturated rings. The fraction of sp³-hybridized carbons (Fsp3) is 0.182. The van der Waals surface area contributed by atoms with Crippen molar-refractivity contribution in [2.45, 2.75) is 19.4 Å². The van der Waals surface area contributed by atoms with Crippen molar-refractivity contribution in [1.82, 2.24) is 0 Å². The minimum atomic E-state index is -0.882. The Morgan fingerprint density at radius 3 is 2.44 bits per heavy atom. The van der Waals surface area contributed by atoms with Crippen LogP contribution in [0.25, 0.3) is 22.3 Å². The Morgan fingerprint density at radius 2 is 1.74 bits per heavy atom. The largest absolute Gasteiger partial charge is 0.508 e. The molecule has 0 atom stereocenters. The van der Waals surface area contributed by atoms with E-state index in [0.717, 1.165) is 33.4 Å². The van der Waals surface area contributed by atoms with Gasteiger partial charge >= 0.3 is 5.97 Å². The Labute approximate surface area is 157 Å². The second kappa shape index (κ2) is 8.01. The number of rotatable bonds is 6. The molecular weight excluding hydrogens is 342 g/mol. The second-order valence-electron chi connectivity index (χ2n) is 6.52. The van der Waals surface area contributed by atoms with Gasteiger partial charge in [0, 0.05) is 18.1 Å². The van der Waals surface area contributed by atoms with Gasteiger partial charge in [-0.1, -0.05) is 18.2 Å². The molecule has 3 N–H and O–H groups in total. The van der Waals surface area contributed by atoms with Crippen molar-refractivity contribution in [2.75, 3.05) is 0 Å². The monoisotopic (exact) mass is 364 g/mol. The highest BCUT2D eigenvalue weighted by atomic mass is 16.4. The van der Waals surface area contributed by atoms with E-state index in [1.165, 1.54) is 0 Å². The number of aliphatic hydroxyl groups excluding tert-OH is 1. The average Bonchev–Trinajstić information content (AvgIpc) is 2.66. The molecule has 0 aliphatic carbocycles. The van der Waals surface area contributed by atoms with Crippen LogP contribution in [0.3, 0.4) is 0 Å². The molecule has 138 valence electrons. The lowest BCUT2D eigenvalue weighted by molar-refractivity contribution is -0.671. The topological polar surface area (TPSA) is 81.6 Å². The molecule has 0 spiro atoms. The number of aliphatic hydroxyl groups is 1. The summed E-state index contributed by atoms with van der Waals surface area (Å²) in [6, 6.07) is 14.7. The first-order chi connectivity index (χ1) is 13.0. The molecule has 0 aliphatic rings. The van der Waals surface area contributed by atoms with E-state index in [0.29, 0.717) is 6.42 Å². The van der Waals surface area contributed by atoms with Crippen LogP contribution in [0.2, 0.25) is 0 Å². The number of phenolic OH excluding ortho intramolecular Hbond substituents is 1. The number of hydrogen-bond donors (Lipinski definition) is 3. The molecular formula is C22H22NO4+. The summed E-state index contributed by atoms with van der Waals surface area (Å²) in [5.41, 5.74) is 5.24. The van der Waals surface area contributed by atoms with Gasteiger partial charge in [0.05, 0.1) is 6.61 Å². The van der Waals surface area contributed by atoms with Crippen LogP contribution in [0, 0.1) is 0 Å². The molecule has 0 aliphatic heterocycles. The quantitative estimate of drug-likeness (QED) is 0.587. The highest BCUT2D eigenvalue weighted by molar-refractivity contribution is 5.76. The third kappa shape index (κ3) is 4.33. The Morgan fingerprint density at radius 1 is 1.00 bits per heavy atom. The van der Waals surface area contributed by atoms with Gasteiger partial charge in [0.25, 0.3) is 0 Å². The lowest BCUT2D eigenvalue weighted by Crippen LogP contribution is -2.26. The first-order valence-corrected chi connectivity index (χ1v) is 8.71. The van der Waals surface area contributed by atoms with Crippen LogP contribution in [-0.4, -0.2) is 21.3 Å². The molecule has 0 saturated heterocycles. The van der Waals surface area contributed by atoms with Crippen LogP contribution in [0.4, 0.5) is 0 Å². The summed E-state index contributed by atoms with van der Waals surface area (Å²) in [5, 5.41) is 28.6. The second-order valence-corrected chi connectivity index (χ2v) is 6.52. The third-order valence-corrected chi connectivity index (χ3v) is 4.53. The zero-order valence-electron chi connectivity index (χ0n) is 15.1. The van der Waals surface area contributed by atoms with Crippen LogP contribution < -0.4 is 4.57 Å². The lowest BCUT2D eigenvalue weighted by Gasteiger charge is -2.13. The van der Waals surface area contributed by atoms with Gasteiger partial charge in [-0.2, -0.15) is 0 Å². The van der Waals surface area contributed by atoms with Crippen LogP contribution >= 0.6 is 0 Å². The lowest BCUT2D eigenvalue weighted by atomic mass is 9.92. The molecule has 5 heteroatoms. The van der Waals surface area contributed by atoms with E-state index >= 15 is 0 Å². The molecule has 0 amide bonds. The van der Waals surface area contributed by atoms with Crippen LogP contribution in [-0.2, 0) is 24.9 Å². The summed E-state index contributed by atoms with van der Waals surface area (Å²) in [4.78, 5) is 10.9. The fourth-order valence-corrected chi connectivity index (χ4v) is 3.23. The van der Waals surface area contributed by atoms with Gasteiger partial charge in [0.2, 0.25) is 0 Å². The molecule has 1 aromatic heterocycles. The minimum Gasteiger partial charge on any atom is -0.508 e. The summed E-state index contributed by atoms with van der Waals surface area (Å²) in [5.74, 6) is -0.775. The smallest absolute Gasteiger partial charge is 0.303 e.